The molecule has 10 aromatic rings. The van der Waals surface area contributed by atoms with Gasteiger partial charge in [-0.2, -0.15) is 0 Å². The van der Waals surface area contributed by atoms with Crippen molar-refractivity contribution in [2.75, 3.05) is 18.0 Å². The maximum absolute atomic E-state index is 9.01. The molecule has 1 aliphatic rings. The first kappa shape index (κ1) is 25.0. The number of para-hydroxylation sites is 4. The Hall–Kier alpha value is -7.37. The molecule has 278 valence electrons. The van der Waals surface area contributed by atoms with Crippen molar-refractivity contribution in [1.82, 2.24) is 9.13 Å². The van der Waals surface area contributed by atoms with Crippen LogP contribution in [-0.2, 0) is 0 Å². The Bertz CT molecular complexity index is 3550. The number of ether oxygens (including phenoxy) is 1. The molecule has 5 heteroatoms. The fraction of sp³-hybridized carbons (Fsp3) is 0.0755. The van der Waals surface area contributed by atoms with Gasteiger partial charge in [0.2, 0.25) is 0 Å². The van der Waals surface area contributed by atoms with Gasteiger partial charge in [0.05, 0.1) is 47.1 Å². The molecule has 0 N–H and O–H groups in total. The lowest BCUT2D eigenvalue weighted by atomic mass is 9.95. The molecule has 0 bridgehead atoms. The third kappa shape index (κ3) is 5.82. The molecule has 8 aromatic carbocycles. The molecule has 0 amide bonds. The van der Waals surface area contributed by atoms with Gasteiger partial charge in [-0.15, -0.1) is 0 Å². The highest BCUT2D eigenvalue weighted by atomic mass is 16.5. The summed E-state index contributed by atoms with van der Waals surface area (Å²) in [6.45, 7) is 2.00. The normalized spacial score (nSPS) is 15.3. The zero-order chi connectivity index (χ0) is 47.1. The van der Waals surface area contributed by atoms with Crippen LogP contribution in [0.3, 0.4) is 0 Å². The monoisotopic (exact) mass is 758 g/mol. The van der Waals surface area contributed by atoms with Gasteiger partial charge in [0.15, 0.2) is 0 Å². The lowest BCUT2D eigenvalue weighted by Crippen LogP contribution is -2.31. The van der Waals surface area contributed by atoms with Crippen LogP contribution in [0.25, 0.3) is 72.2 Å². The van der Waals surface area contributed by atoms with E-state index in [9.17, 15) is 0 Å². The molecule has 58 heavy (non-hydrogen) atoms. The van der Waals surface area contributed by atoms with Crippen molar-refractivity contribution in [3.05, 3.63) is 200 Å². The second kappa shape index (κ2) is 14.3. The smallest absolute Gasteiger partial charge is 0.269 e. The van der Waals surface area contributed by atoms with Crippen molar-refractivity contribution in [2.45, 2.75) is 12.8 Å². The molecule has 2 aromatic heterocycles. The van der Waals surface area contributed by atoms with Crippen molar-refractivity contribution in [1.29, 1.82) is 0 Å². The Balaban J connectivity index is 1.08. The molecule has 0 aliphatic carbocycles. The Morgan fingerprint density at radius 3 is 1.95 bits per heavy atom. The highest BCUT2D eigenvalue weighted by molar-refractivity contribution is 6.15. The van der Waals surface area contributed by atoms with Gasteiger partial charge in [-0.1, -0.05) is 133 Å². The Kier molecular flexibility index (Phi) is 6.16. The quantitative estimate of drug-likeness (QED) is 0.114. The zero-order valence-electron chi connectivity index (χ0n) is 41.2. The minimum Gasteiger partial charge on any atom is -0.458 e. The second-order valence-electron chi connectivity index (χ2n) is 14.3. The van der Waals surface area contributed by atoms with Gasteiger partial charge in [0.1, 0.15) is 11.5 Å². The summed E-state index contributed by atoms with van der Waals surface area (Å²) in [5, 5.41) is 2.23. The minimum atomic E-state index is -0.560. The standard InChI is InChI=1S/C53H40N4O/c1-4-17-38(18-5-1)44-25-15-26-45(39-19-6-2-7-20-39)53(44)56-37-55(48-27-10-11-28-49(48)56)41-23-14-24-42(35-41)58-43-31-32-47-46(36-43)52-50(54-33-12-13-34-54)29-16-30-51(52)57(47)40-21-8-3-9-22-40/h1-11,14-32,35-36H,12-13,33-34H2/i1D,2D,4D,5D,6D,7D,17D,18D,19D,20D. The molecule has 1 aliphatic heterocycles. The number of benzene rings is 8. The van der Waals surface area contributed by atoms with Crippen molar-refractivity contribution >= 4 is 38.5 Å². The first-order valence-electron chi connectivity index (χ1n) is 24.3. The average molecular weight is 759 g/mol. The van der Waals surface area contributed by atoms with E-state index >= 15 is 0 Å². The van der Waals surface area contributed by atoms with E-state index in [0.717, 1.165) is 53.4 Å². The first-order valence-corrected chi connectivity index (χ1v) is 19.3. The summed E-state index contributed by atoms with van der Waals surface area (Å²) in [6, 6.07) is 37.7. The molecule has 1 fully saturated rings. The fourth-order valence-electron chi connectivity index (χ4n) is 8.37. The Morgan fingerprint density at radius 1 is 0.552 bits per heavy atom. The third-order valence-electron chi connectivity index (χ3n) is 10.9. The summed E-state index contributed by atoms with van der Waals surface area (Å²) < 4.78 is 99.4. The molecule has 0 saturated carbocycles. The zero-order valence-corrected chi connectivity index (χ0v) is 31.2. The van der Waals surface area contributed by atoms with Crippen LogP contribution in [0.2, 0.25) is 0 Å². The maximum atomic E-state index is 9.01. The van der Waals surface area contributed by atoms with Crippen LogP contribution in [0, 0.1) is 6.33 Å². The number of aromatic nitrogens is 3. The molecular weight excluding hydrogens is 709 g/mol. The van der Waals surface area contributed by atoms with E-state index in [1.165, 1.54) is 5.69 Å². The van der Waals surface area contributed by atoms with Crippen LogP contribution in [0.5, 0.6) is 11.5 Å². The van der Waals surface area contributed by atoms with Crippen LogP contribution >= 0.6 is 0 Å². The van der Waals surface area contributed by atoms with Gasteiger partial charge in [-0.3, -0.25) is 9.13 Å². The molecule has 0 atom stereocenters. The summed E-state index contributed by atoms with van der Waals surface area (Å²) >= 11 is 0. The van der Waals surface area contributed by atoms with E-state index in [1.54, 1.807) is 22.8 Å². The molecule has 11 rings (SSSR count). The van der Waals surface area contributed by atoms with E-state index in [0.29, 0.717) is 28.2 Å². The second-order valence-corrected chi connectivity index (χ2v) is 14.3. The molecule has 3 heterocycles. The summed E-state index contributed by atoms with van der Waals surface area (Å²) in [6.07, 6.45) is 5.75. The first-order chi connectivity index (χ1) is 32.9. The van der Waals surface area contributed by atoms with Crippen LogP contribution in [-0.4, -0.2) is 22.2 Å². The van der Waals surface area contributed by atoms with Gasteiger partial charge in [0.25, 0.3) is 6.33 Å². The average Bonchev–Trinajstić information content (AvgIpc) is 4.12. The highest BCUT2D eigenvalue weighted by Gasteiger charge is 2.22. The number of hydrogen-bond acceptors (Lipinski definition) is 2. The van der Waals surface area contributed by atoms with Crippen molar-refractivity contribution in [3.63, 3.8) is 0 Å². The summed E-state index contributed by atoms with van der Waals surface area (Å²) in [5.41, 5.74) is 6.62. The van der Waals surface area contributed by atoms with Gasteiger partial charge in [-0.05, 0) is 95.8 Å². The van der Waals surface area contributed by atoms with E-state index in [-0.39, 0.29) is 27.9 Å². The molecular formula is C53H40N4O. The van der Waals surface area contributed by atoms with E-state index in [4.69, 9.17) is 18.4 Å². The number of anilines is 1. The maximum Gasteiger partial charge on any atom is 0.269 e. The van der Waals surface area contributed by atoms with Gasteiger partial charge < -0.3 is 14.2 Å². The van der Waals surface area contributed by atoms with Crippen LogP contribution in [0.15, 0.2) is 194 Å². The number of imidazole rings is 1. The van der Waals surface area contributed by atoms with Crippen LogP contribution < -0.4 is 14.2 Å². The van der Waals surface area contributed by atoms with E-state index in [2.05, 4.69) is 58.3 Å². The van der Waals surface area contributed by atoms with E-state index in [1.807, 2.05) is 77.4 Å². The largest absolute Gasteiger partial charge is 0.458 e. The van der Waals surface area contributed by atoms with Gasteiger partial charge in [-0.25, -0.2) is 0 Å². The highest BCUT2D eigenvalue weighted by Crippen LogP contribution is 2.41. The molecule has 0 spiro atoms. The lowest BCUT2D eigenvalue weighted by Gasteiger charge is -2.19. The summed E-state index contributed by atoms with van der Waals surface area (Å²) in [7, 11) is 0. The number of fused-ring (bicyclic) bond motifs is 4. The molecule has 0 radical (unpaired) electrons. The number of rotatable bonds is 8. The third-order valence-corrected chi connectivity index (χ3v) is 10.9. The Labute approximate surface area is 351 Å². The summed E-state index contributed by atoms with van der Waals surface area (Å²) in [5.74, 6) is 1.19. The topological polar surface area (TPSA) is 26.2 Å². The predicted molar refractivity (Wildman–Crippen MR) is 237 cm³/mol. The van der Waals surface area contributed by atoms with Crippen LogP contribution in [0.1, 0.15) is 26.5 Å². The SMILES string of the molecule is [2H]c1c([2H])c([2H])c(-c2cccc(-c3c([2H])c([2H])c([2H])c([2H])c3[2H])c2-[n+]2[c-]n(-c3cccc(Oc4ccc5c(c4)c4c(N6CCCC6)cccc4n5-c4ccccc4)c3)c3ccccc32)c([2H])c1[2H]. The number of nitrogens with zero attached hydrogens (tertiary/aromatic N) is 4. The van der Waals surface area contributed by atoms with E-state index < -0.39 is 60.4 Å². The fourth-order valence-corrected chi connectivity index (χ4v) is 8.37. The van der Waals surface area contributed by atoms with Crippen LogP contribution in [0.4, 0.5) is 5.69 Å². The molecule has 0 unspecified atom stereocenters. The number of hydrogen-bond donors (Lipinski definition) is 0. The van der Waals surface area contributed by atoms with Crippen molar-refractivity contribution in [3.8, 4) is 50.8 Å². The van der Waals surface area contributed by atoms with Gasteiger partial charge in [0, 0.05) is 35.2 Å². The van der Waals surface area contributed by atoms with Crippen molar-refractivity contribution in [2.24, 2.45) is 0 Å². The summed E-state index contributed by atoms with van der Waals surface area (Å²) in [4.78, 5) is 2.47. The Morgan fingerprint density at radius 2 is 1.19 bits per heavy atom. The van der Waals surface area contributed by atoms with Crippen molar-refractivity contribution < 1.29 is 23.0 Å². The predicted octanol–water partition coefficient (Wildman–Crippen LogP) is 12.5. The van der Waals surface area contributed by atoms with Gasteiger partial charge >= 0.3 is 0 Å². The minimum absolute atomic E-state index is 0.121. The lowest BCUT2D eigenvalue weighted by molar-refractivity contribution is -0.571. The molecule has 5 nitrogen and oxygen atoms in total. The molecule has 1 saturated heterocycles.